The van der Waals surface area contributed by atoms with Crippen molar-refractivity contribution in [3.63, 3.8) is 0 Å². The first-order valence-electron chi connectivity index (χ1n) is 5.44. The lowest BCUT2D eigenvalue weighted by atomic mass is 10.1. The summed E-state index contributed by atoms with van der Waals surface area (Å²) in [5, 5.41) is 3.30. The van der Waals surface area contributed by atoms with Crippen molar-refractivity contribution < 1.29 is 4.74 Å². The summed E-state index contributed by atoms with van der Waals surface area (Å²) in [7, 11) is 0. The fourth-order valence-corrected chi connectivity index (χ4v) is 1.88. The molecule has 2 heterocycles. The van der Waals surface area contributed by atoms with Gasteiger partial charge in [-0.15, -0.1) is 0 Å². The van der Waals surface area contributed by atoms with Gasteiger partial charge >= 0.3 is 0 Å². The number of hydrogen-bond donors (Lipinski definition) is 2. The number of anilines is 2. The summed E-state index contributed by atoms with van der Waals surface area (Å²) in [6, 6.07) is 7.63. The number of nitrogen functional groups attached to an aromatic ring is 1. The largest absolute Gasteiger partial charge is 0.439 e. The minimum absolute atomic E-state index is 0.213. The molecule has 0 atom stereocenters. The average Bonchev–Trinajstić information content (AvgIpc) is 2.76. The van der Waals surface area contributed by atoms with Gasteiger partial charge in [-0.3, -0.25) is 0 Å². The maximum Gasteiger partial charge on any atom is 0.224 e. The van der Waals surface area contributed by atoms with Gasteiger partial charge in [0.2, 0.25) is 11.8 Å². The monoisotopic (exact) mass is 228 g/mol. The number of rotatable bonds is 2. The number of nitrogens with one attached hydrogen (secondary N) is 1. The molecule has 0 radical (unpaired) electrons. The Hall–Kier alpha value is -2.30. The highest BCUT2D eigenvalue weighted by atomic mass is 16.5. The van der Waals surface area contributed by atoms with Crippen LogP contribution < -0.4 is 15.8 Å². The van der Waals surface area contributed by atoms with Crippen molar-refractivity contribution in [1.29, 1.82) is 0 Å². The number of aromatic nitrogens is 2. The van der Waals surface area contributed by atoms with Gasteiger partial charge in [0.1, 0.15) is 5.75 Å². The molecule has 5 nitrogen and oxygen atoms in total. The minimum atomic E-state index is 0.213. The van der Waals surface area contributed by atoms with Gasteiger partial charge in [0, 0.05) is 24.5 Å². The lowest BCUT2D eigenvalue weighted by molar-refractivity contribution is 0.462. The summed E-state index contributed by atoms with van der Waals surface area (Å²) >= 11 is 0. The molecule has 0 saturated carbocycles. The Morgan fingerprint density at radius 3 is 3.12 bits per heavy atom. The molecular formula is C12H12N4O. The second-order valence-electron chi connectivity index (χ2n) is 3.85. The number of benzene rings is 1. The molecule has 1 aromatic carbocycles. The maximum absolute atomic E-state index is 5.63. The van der Waals surface area contributed by atoms with Gasteiger partial charge in [-0.2, -0.15) is 4.98 Å². The van der Waals surface area contributed by atoms with Crippen molar-refractivity contribution >= 4 is 11.6 Å². The van der Waals surface area contributed by atoms with Gasteiger partial charge < -0.3 is 15.8 Å². The van der Waals surface area contributed by atoms with E-state index in [1.807, 2.05) is 18.2 Å². The zero-order valence-corrected chi connectivity index (χ0v) is 9.18. The van der Waals surface area contributed by atoms with E-state index in [9.17, 15) is 0 Å². The Morgan fingerprint density at radius 2 is 2.24 bits per heavy atom. The van der Waals surface area contributed by atoms with Crippen molar-refractivity contribution in [2.24, 2.45) is 0 Å². The normalized spacial score (nSPS) is 12.9. The molecule has 3 rings (SSSR count). The summed E-state index contributed by atoms with van der Waals surface area (Å²) in [6.07, 6.45) is 2.60. The molecule has 1 aromatic heterocycles. The smallest absolute Gasteiger partial charge is 0.224 e. The van der Waals surface area contributed by atoms with E-state index in [2.05, 4.69) is 15.3 Å². The summed E-state index contributed by atoms with van der Waals surface area (Å²) < 4.78 is 5.63. The highest BCUT2D eigenvalue weighted by Crippen LogP contribution is 2.28. The fourth-order valence-electron chi connectivity index (χ4n) is 1.88. The Morgan fingerprint density at radius 1 is 1.29 bits per heavy atom. The molecule has 0 spiro atoms. The molecule has 17 heavy (non-hydrogen) atoms. The third-order valence-electron chi connectivity index (χ3n) is 2.66. The molecule has 0 saturated heterocycles. The lowest BCUT2D eigenvalue weighted by Crippen LogP contribution is -1.96. The summed E-state index contributed by atoms with van der Waals surface area (Å²) in [5.41, 5.74) is 7.94. The number of hydrogen-bond acceptors (Lipinski definition) is 5. The highest BCUT2D eigenvalue weighted by molar-refractivity contribution is 5.58. The molecule has 3 N–H and O–H groups in total. The van der Waals surface area contributed by atoms with E-state index in [0.717, 1.165) is 18.7 Å². The van der Waals surface area contributed by atoms with Crippen LogP contribution in [0.2, 0.25) is 0 Å². The fraction of sp³-hybridized carbons (Fsp3) is 0.167. The molecule has 5 heteroatoms. The molecule has 86 valence electrons. The first kappa shape index (κ1) is 9.89. The molecule has 0 bridgehead atoms. The van der Waals surface area contributed by atoms with E-state index in [1.54, 1.807) is 12.3 Å². The first-order chi connectivity index (χ1) is 8.31. The van der Waals surface area contributed by atoms with E-state index in [0.29, 0.717) is 5.88 Å². The van der Waals surface area contributed by atoms with Crippen molar-refractivity contribution in [1.82, 2.24) is 9.97 Å². The van der Waals surface area contributed by atoms with E-state index < -0.39 is 0 Å². The second kappa shape index (κ2) is 3.93. The molecule has 0 aliphatic carbocycles. The molecule has 1 aliphatic heterocycles. The quantitative estimate of drug-likeness (QED) is 0.820. The second-order valence-corrected chi connectivity index (χ2v) is 3.85. The third-order valence-corrected chi connectivity index (χ3v) is 2.66. The van der Waals surface area contributed by atoms with Crippen LogP contribution in [-0.4, -0.2) is 16.5 Å². The van der Waals surface area contributed by atoms with Gasteiger partial charge in [-0.1, -0.05) is 0 Å². The van der Waals surface area contributed by atoms with Crippen LogP contribution >= 0.6 is 0 Å². The summed E-state index contributed by atoms with van der Waals surface area (Å²) in [6.45, 7) is 0.985. The Bertz CT molecular complexity index is 556. The Kier molecular flexibility index (Phi) is 2.29. The van der Waals surface area contributed by atoms with Gasteiger partial charge in [-0.25, -0.2) is 4.98 Å². The van der Waals surface area contributed by atoms with Gasteiger partial charge in [-0.05, 0) is 30.2 Å². The number of nitrogens with two attached hydrogens (primary N) is 1. The van der Waals surface area contributed by atoms with Crippen molar-refractivity contribution in [3.8, 4) is 11.6 Å². The standard InChI is InChI=1S/C12H12N4O/c13-12-15-6-4-11(16-12)17-9-1-2-10-8(7-9)3-5-14-10/h1-2,4,6-7,14H,3,5H2,(H2,13,15,16). The van der Waals surface area contributed by atoms with Crippen molar-refractivity contribution in [2.75, 3.05) is 17.6 Å². The number of nitrogens with zero attached hydrogens (tertiary/aromatic N) is 2. The topological polar surface area (TPSA) is 73.1 Å². The molecular weight excluding hydrogens is 216 g/mol. The summed E-state index contributed by atoms with van der Waals surface area (Å²) in [4.78, 5) is 7.81. The predicted molar refractivity (Wildman–Crippen MR) is 65.2 cm³/mol. The molecule has 0 fully saturated rings. The van der Waals surface area contributed by atoms with Crippen molar-refractivity contribution in [2.45, 2.75) is 6.42 Å². The van der Waals surface area contributed by atoms with Crippen LogP contribution in [0.15, 0.2) is 30.5 Å². The van der Waals surface area contributed by atoms with Crippen LogP contribution in [0.5, 0.6) is 11.6 Å². The zero-order chi connectivity index (χ0) is 11.7. The van der Waals surface area contributed by atoms with Crippen LogP contribution in [0.25, 0.3) is 0 Å². The van der Waals surface area contributed by atoms with Crippen LogP contribution in [-0.2, 0) is 6.42 Å². The Labute approximate surface area is 98.7 Å². The molecule has 1 aliphatic rings. The molecule has 0 amide bonds. The van der Waals surface area contributed by atoms with Crippen LogP contribution in [0, 0.1) is 0 Å². The van der Waals surface area contributed by atoms with E-state index in [1.165, 1.54) is 11.3 Å². The maximum atomic E-state index is 5.63. The zero-order valence-electron chi connectivity index (χ0n) is 9.18. The van der Waals surface area contributed by atoms with Gasteiger partial charge in [0.05, 0.1) is 0 Å². The average molecular weight is 228 g/mol. The minimum Gasteiger partial charge on any atom is -0.439 e. The SMILES string of the molecule is Nc1nccc(Oc2ccc3c(c2)CCN3)n1. The van der Waals surface area contributed by atoms with Crippen LogP contribution in [0.1, 0.15) is 5.56 Å². The first-order valence-corrected chi connectivity index (χ1v) is 5.44. The lowest BCUT2D eigenvalue weighted by Gasteiger charge is -2.06. The summed E-state index contributed by atoms with van der Waals surface area (Å²) in [5.74, 6) is 1.44. The highest BCUT2D eigenvalue weighted by Gasteiger charge is 2.10. The van der Waals surface area contributed by atoms with E-state index in [4.69, 9.17) is 10.5 Å². The van der Waals surface area contributed by atoms with Crippen LogP contribution in [0.3, 0.4) is 0 Å². The third kappa shape index (κ3) is 1.99. The van der Waals surface area contributed by atoms with Gasteiger partial charge in [0.25, 0.3) is 0 Å². The molecule has 0 unspecified atom stereocenters. The Balaban J connectivity index is 1.86. The van der Waals surface area contributed by atoms with E-state index in [-0.39, 0.29) is 5.95 Å². The molecule has 2 aromatic rings. The number of ether oxygens (including phenoxy) is 1. The van der Waals surface area contributed by atoms with Crippen LogP contribution in [0.4, 0.5) is 11.6 Å². The van der Waals surface area contributed by atoms with Gasteiger partial charge in [0.15, 0.2) is 0 Å². The van der Waals surface area contributed by atoms with Crippen molar-refractivity contribution in [3.05, 3.63) is 36.0 Å². The predicted octanol–water partition coefficient (Wildman–Crippen LogP) is 1.82. The van der Waals surface area contributed by atoms with E-state index >= 15 is 0 Å². The number of fused-ring (bicyclic) bond motifs is 1.